The molecule has 0 radical (unpaired) electrons. The first-order valence-corrected chi connectivity index (χ1v) is 7.78. The summed E-state index contributed by atoms with van der Waals surface area (Å²) < 4.78 is 5.86. The van der Waals surface area contributed by atoms with Crippen molar-refractivity contribution in [2.75, 3.05) is 36.5 Å². The van der Waals surface area contributed by atoms with E-state index in [1.165, 1.54) is 12.3 Å². The van der Waals surface area contributed by atoms with Crippen molar-refractivity contribution >= 4 is 38.9 Å². The van der Waals surface area contributed by atoms with E-state index in [9.17, 15) is 10.1 Å². The van der Waals surface area contributed by atoms with Crippen LogP contribution in [0.5, 0.6) is 0 Å². The Hall–Kier alpha value is -2.26. The molecular weight excluding hydrogens is 366 g/mol. The molecule has 9 heteroatoms. The Labute approximate surface area is 140 Å². The number of aromatic nitrogens is 2. The summed E-state index contributed by atoms with van der Waals surface area (Å²) in [6.45, 7) is 2.99. The SMILES string of the molecule is O=[N+]([O-])c1cc(Br)cnc1Nc1ccc(N2CCOCC2)nc1. The van der Waals surface area contributed by atoms with Gasteiger partial charge in [0, 0.05) is 29.8 Å². The van der Waals surface area contributed by atoms with Crippen molar-refractivity contribution in [3.05, 3.63) is 45.2 Å². The van der Waals surface area contributed by atoms with Crippen LogP contribution in [0.3, 0.4) is 0 Å². The van der Waals surface area contributed by atoms with E-state index in [1.807, 2.05) is 12.1 Å². The molecule has 23 heavy (non-hydrogen) atoms. The van der Waals surface area contributed by atoms with Crippen molar-refractivity contribution in [3.8, 4) is 0 Å². The molecule has 0 amide bonds. The minimum Gasteiger partial charge on any atom is -0.378 e. The number of halogens is 1. The van der Waals surface area contributed by atoms with E-state index in [-0.39, 0.29) is 11.5 Å². The number of anilines is 3. The highest BCUT2D eigenvalue weighted by atomic mass is 79.9. The van der Waals surface area contributed by atoms with Gasteiger partial charge in [0.2, 0.25) is 5.82 Å². The number of nitrogens with zero attached hydrogens (tertiary/aromatic N) is 4. The second kappa shape index (κ2) is 6.88. The molecule has 3 rings (SSSR count). The summed E-state index contributed by atoms with van der Waals surface area (Å²) in [5.41, 5.74) is 0.538. The van der Waals surface area contributed by atoms with Crippen LogP contribution in [-0.2, 0) is 4.74 Å². The Morgan fingerprint density at radius 3 is 2.70 bits per heavy atom. The van der Waals surface area contributed by atoms with Crippen LogP contribution in [0.2, 0.25) is 0 Å². The summed E-state index contributed by atoms with van der Waals surface area (Å²) in [5.74, 6) is 1.04. The van der Waals surface area contributed by atoms with Gasteiger partial charge in [0.25, 0.3) is 0 Å². The maximum Gasteiger partial charge on any atom is 0.312 e. The van der Waals surface area contributed by atoms with Gasteiger partial charge in [0.1, 0.15) is 5.82 Å². The molecule has 1 saturated heterocycles. The van der Waals surface area contributed by atoms with Crippen molar-refractivity contribution in [1.82, 2.24) is 9.97 Å². The summed E-state index contributed by atoms with van der Waals surface area (Å²) in [4.78, 5) is 21.2. The minimum atomic E-state index is -0.477. The van der Waals surface area contributed by atoms with Gasteiger partial charge in [-0.1, -0.05) is 0 Å². The van der Waals surface area contributed by atoms with Gasteiger partial charge in [0.15, 0.2) is 0 Å². The maximum absolute atomic E-state index is 11.1. The number of nitro groups is 1. The number of ether oxygens (including phenoxy) is 1. The molecule has 3 heterocycles. The first-order valence-electron chi connectivity index (χ1n) is 6.99. The third-order valence-electron chi connectivity index (χ3n) is 3.38. The van der Waals surface area contributed by atoms with Crippen molar-refractivity contribution in [2.24, 2.45) is 0 Å². The predicted molar refractivity (Wildman–Crippen MR) is 89.1 cm³/mol. The monoisotopic (exact) mass is 379 g/mol. The van der Waals surface area contributed by atoms with E-state index in [2.05, 4.69) is 36.1 Å². The zero-order valence-corrected chi connectivity index (χ0v) is 13.7. The van der Waals surface area contributed by atoms with Crippen molar-refractivity contribution in [3.63, 3.8) is 0 Å². The van der Waals surface area contributed by atoms with Crippen LogP contribution in [0.4, 0.5) is 23.0 Å². The summed E-state index contributed by atoms with van der Waals surface area (Å²) in [5, 5.41) is 14.0. The molecule has 2 aromatic rings. The van der Waals surface area contributed by atoms with E-state index in [0.29, 0.717) is 23.4 Å². The van der Waals surface area contributed by atoms with Gasteiger partial charge < -0.3 is 15.0 Å². The lowest BCUT2D eigenvalue weighted by atomic mass is 10.3. The fourth-order valence-corrected chi connectivity index (χ4v) is 2.56. The number of nitrogens with one attached hydrogen (secondary N) is 1. The third-order valence-corrected chi connectivity index (χ3v) is 3.81. The van der Waals surface area contributed by atoms with Gasteiger partial charge >= 0.3 is 5.69 Å². The second-order valence-corrected chi connectivity index (χ2v) is 5.82. The molecule has 0 saturated carbocycles. The highest BCUT2D eigenvalue weighted by molar-refractivity contribution is 9.10. The molecule has 0 aliphatic carbocycles. The Balaban J connectivity index is 1.77. The van der Waals surface area contributed by atoms with E-state index in [1.54, 1.807) is 6.20 Å². The summed E-state index contributed by atoms with van der Waals surface area (Å²) in [6.07, 6.45) is 3.14. The van der Waals surface area contributed by atoms with Crippen LogP contribution in [0, 0.1) is 10.1 Å². The first-order chi connectivity index (χ1) is 11.1. The average molecular weight is 380 g/mol. The fraction of sp³-hybridized carbons (Fsp3) is 0.286. The minimum absolute atomic E-state index is 0.100. The summed E-state index contributed by atoms with van der Waals surface area (Å²) in [7, 11) is 0. The Bertz CT molecular complexity index is 704. The zero-order valence-electron chi connectivity index (χ0n) is 12.1. The number of hydrogen-bond donors (Lipinski definition) is 1. The molecule has 1 aliphatic rings. The zero-order chi connectivity index (χ0) is 16.2. The fourth-order valence-electron chi connectivity index (χ4n) is 2.24. The molecule has 8 nitrogen and oxygen atoms in total. The van der Waals surface area contributed by atoms with Crippen LogP contribution in [0.15, 0.2) is 35.1 Å². The van der Waals surface area contributed by atoms with Crippen LogP contribution in [0.1, 0.15) is 0 Å². The van der Waals surface area contributed by atoms with Crippen LogP contribution >= 0.6 is 15.9 Å². The normalized spacial score (nSPS) is 14.6. The molecule has 1 N–H and O–H groups in total. The van der Waals surface area contributed by atoms with Gasteiger partial charge in [-0.3, -0.25) is 10.1 Å². The molecule has 0 bridgehead atoms. The molecule has 1 fully saturated rings. The molecule has 0 atom stereocenters. The van der Waals surface area contributed by atoms with Crippen molar-refractivity contribution in [2.45, 2.75) is 0 Å². The molecule has 0 spiro atoms. The van der Waals surface area contributed by atoms with Gasteiger partial charge in [0.05, 0.1) is 30.0 Å². The van der Waals surface area contributed by atoms with Crippen molar-refractivity contribution < 1.29 is 9.66 Å². The first kappa shape index (κ1) is 15.6. The molecule has 0 aromatic carbocycles. The van der Waals surface area contributed by atoms with Crippen LogP contribution in [0.25, 0.3) is 0 Å². The quantitative estimate of drug-likeness (QED) is 0.644. The van der Waals surface area contributed by atoms with E-state index < -0.39 is 4.92 Å². The largest absolute Gasteiger partial charge is 0.378 e. The Kier molecular flexibility index (Phi) is 4.68. The summed E-state index contributed by atoms with van der Waals surface area (Å²) in [6, 6.07) is 5.11. The lowest BCUT2D eigenvalue weighted by Gasteiger charge is -2.27. The van der Waals surface area contributed by atoms with Gasteiger partial charge in [-0.15, -0.1) is 0 Å². The number of rotatable bonds is 4. The summed E-state index contributed by atoms with van der Waals surface area (Å²) >= 11 is 3.18. The highest BCUT2D eigenvalue weighted by Gasteiger charge is 2.17. The van der Waals surface area contributed by atoms with Crippen LogP contribution < -0.4 is 10.2 Å². The van der Waals surface area contributed by atoms with Gasteiger partial charge in [-0.05, 0) is 28.1 Å². The van der Waals surface area contributed by atoms with Gasteiger partial charge in [-0.2, -0.15) is 0 Å². The molecule has 1 aliphatic heterocycles. The third kappa shape index (κ3) is 3.74. The topological polar surface area (TPSA) is 93.4 Å². The second-order valence-electron chi connectivity index (χ2n) is 4.91. The maximum atomic E-state index is 11.1. The average Bonchev–Trinajstić information content (AvgIpc) is 2.58. The van der Waals surface area contributed by atoms with Crippen LogP contribution in [-0.4, -0.2) is 41.2 Å². The molecule has 2 aromatic heterocycles. The lowest BCUT2D eigenvalue weighted by Crippen LogP contribution is -2.36. The standard InChI is InChI=1S/C14H14BrN5O3/c15-10-7-12(20(21)22)14(17-8-10)18-11-1-2-13(16-9-11)19-3-5-23-6-4-19/h1-2,7-9H,3-6H2,(H,17,18). The smallest absolute Gasteiger partial charge is 0.312 e. The Morgan fingerprint density at radius 1 is 1.26 bits per heavy atom. The lowest BCUT2D eigenvalue weighted by molar-refractivity contribution is -0.384. The highest BCUT2D eigenvalue weighted by Crippen LogP contribution is 2.28. The number of morpholine rings is 1. The number of hydrogen-bond acceptors (Lipinski definition) is 7. The number of pyridine rings is 2. The van der Waals surface area contributed by atoms with E-state index >= 15 is 0 Å². The van der Waals surface area contributed by atoms with Crippen molar-refractivity contribution in [1.29, 1.82) is 0 Å². The molecule has 0 unspecified atom stereocenters. The Morgan fingerprint density at radius 2 is 2.04 bits per heavy atom. The molecular formula is C14H14BrN5O3. The van der Waals surface area contributed by atoms with Gasteiger partial charge in [-0.25, -0.2) is 9.97 Å². The molecule has 120 valence electrons. The van der Waals surface area contributed by atoms with E-state index in [4.69, 9.17) is 4.74 Å². The van der Waals surface area contributed by atoms with E-state index in [0.717, 1.165) is 18.9 Å². The predicted octanol–water partition coefficient (Wildman–Crippen LogP) is 2.73.